The number of hydrogen-bond donors (Lipinski definition) is 0. The molecule has 3 rings (SSSR count). The molecule has 2 aromatic rings. The molecule has 0 saturated carbocycles. The van der Waals surface area contributed by atoms with E-state index in [0.717, 1.165) is 5.56 Å². The van der Waals surface area contributed by atoms with Crippen LogP contribution >= 0.6 is 0 Å². The highest BCUT2D eigenvalue weighted by Gasteiger charge is 2.32. The zero-order valence-electron chi connectivity index (χ0n) is 13.3. The SMILES string of the molecule is CC1CN(S(=O)(=O)c2cnn(Cc3ccccc3)c2)CC(C)O1. The fraction of sp³-hybridized carbons (Fsp3) is 0.438. The van der Waals surface area contributed by atoms with Gasteiger partial charge in [0.25, 0.3) is 0 Å². The Morgan fingerprint density at radius 2 is 1.83 bits per heavy atom. The predicted molar refractivity (Wildman–Crippen MR) is 86.5 cm³/mol. The number of sulfonamides is 1. The summed E-state index contributed by atoms with van der Waals surface area (Å²) in [7, 11) is -3.53. The molecule has 1 aromatic heterocycles. The molecule has 7 heteroatoms. The Morgan fingerprint density at radius 3 is 2.48 bits per heavy atom. The van der Waals surface area contributed by atoms with Gasteiger partial charge in [0.15, 0.2) is 0 Å². The number of rotatable bonds is 4. The lowest BCUT2D eigenvalue weighted by Crippen LogP contribution is -2.48. The number of hydrogen-bond acceptors (Lipinski definition) is 4. The Kier molecular flexibility index (Phi) is 4.52. The van der Waals surface area contributed by atoms with Gasteiger partial charge >= 0.3 is 0 Å². The minimum Gasteiger partial charge on any atom is -0.373 e. The van der Waals surface area contributed by atoms with Crippen LogP contribution in [0, 0.1) is 0 Å². The Hall–Kier alpha value is -1.70. The Labute approximate surface area is 136 Å². The lowest BCUT2D eigenvalue weighted by Gasteiger charge is -2.34. The van der Waals surface area contributed by atoms with E-state index in [4.69, 9.17) is 4.74 Å². The van der Waals surface area contributed by atoms with Gasteiger partial charge in [0.1, 0.15) is 4.90 Å². The maximum absolute atomic E-state index is 12.8. The summed E-state index contributed by atoms with van der Waals surface area (Å²) >= 11 is 0. The van der Waals surface area contributed by atoms with E-state index < -0.39 is 10.0 Å². The van der Waals surface area contributed by atoms with E-state index in [9.17, 15) is 8.42 Å². The van der Waals surface area contributed by atoms with Crippen molar-refractivity contribution in [3.63, 3.8) is 0 Å². The zero-order valence-corrected chi connectivity index (χ0v) is 14.1. The van der Waals surface area contributed by atoms with E-state index >= 15 is 0 Å². The number of aromatic nitrogens is 2. The molecule has 1 fully saturated rings. The van der Waals surface area contributed by atoms with Crippen LogP contribution < -0.4 is 0 Å². The van der Waals surface area contributed by atoms with Crippen molar-refractivity contribution in [1.29, 1.82) is 0 Å². The molecular weight excluding hydrogens is 314 g/mol. The molecule has 124 valence electrons. The van der Waals surface area contributed by atoms with Gasteiger partial charge in [-0.15, -0.1) is 0 Å². The van der Waals surface area contributed by atoms with Crippen LogP contribution in [-0.4, -0.2) is 47.8 Å². The van der Waals surface area contributed by atoms with E-state index in [1.54, 1.807) is 10.9 Å². The van der Waals surface area contributed by atoms with E-state index in [1.165, 1.54) is 10.5 Å². The molecule has 0 aliphatic carbocycles. The van der Waals surface area contributed by atoms with E-state index in [-0.39, 0.29) is 17.1 Å². The van der Waals surface area contributed by atoms with E-state index in [2.05, 4.69) is 5.10 Å². The minimum absolute atomic E-state index is 0.104. The normalized spacial score (nSPS) is 23.0. The quantitative estimate of drug-likeness (QED) is 0.853. The number of ether oxygens (including phenoxy) is 1. The van der Waals surface area contributed by atoms with E-state index in [1.807, 2.05) is 44.2 Å². The third-order valence-corrected chi connectivity index (χ3v) is 5.61. The third kappa shape index (κ3) is 3.63. The monoisotopic (exact) mass is 335 g/mol. The van der Waals surface area contributed by atoms with Crippen LogP contribution in [0.3, 0.4) is 0 Å². The smallest absolute Gasteiger partial charge is 0.246 e. The minimum atomic E-state index is -3.53. The molecule has 0 spiro atoms. The maximum atomic E-state index is 12.8. The van der Waals surface area contributed by atoms with Gasteiger partial charge in [-0.2, -0.15) is 9.40 Å². The third-order valence-electron chi connectivity index (χ3n) is 3.82. The molecule has 2 atom stereocenters. The molecule has 1 saturated heterocycles. The molecule has 1 aliphatic heterocycles. The van der Waals surface area contributed by atoms with Crippen molar-refractivity contribution < 1.29 is 13.2 Å². The fourth-order valence-corrected chi connectivity index (χ4v) is 4.36. The van der Waals surface area contributed by atoms with Crippen molar-refractivity contribution in [2.45, 2.75) is 37.5 Å². The standard InChI is InChI=1S/C16H21N3O3S/c1-13-9-19(10-14(2)22-13)23(20,21)16-8-17-18(12-16)11-15-6-4-3-5-7-15/h3-8,12-14H,9-11H2,1-2H3. The van der Waals surface area contributed by atoms with Crippen molar-refractivity contribution in [1.82, 2.24) is 14.1 Å². The van der Waals surface area contributed by atoms with Gasteiger partial charge in [0, 0.05) is 19.3 Å². The van der Waals surface area contributed by atoms with Gasteiger partial charge in [-0.3, -0.25) is 4.68 Å². The first kappa shape index (κ1) is 16.2. The van der Waals surface area contributed by atoms with Crippen molar-refractivity contribution >= 4 is 10.0 Å². The van der Waals surface area contributed by atoms with Gasteiger partial charge < -0.3 is 4.74 Å². The van der Waals surface area contributed by atoms with Crippen LogP contribution in [0.4, 0.5) is 0 Å². The highest BCUT2D eigenvalue weighted by atomic mass is 32.2. The average Bonchev–Trinajstić information content (AvgIpc) is 2.96. The van der Waals surface area contributed by atoms with E-state index in [0.29, 0.717) is 19.6 Å². The first-order valence-electron chi connectivity index (χ1n) is 7.67. The van der Waals surface area contributed by atoms with Crippen LogP contribution in [0.5, 0.6) is 0 Å². The molecular formula is C16H21N3O3S. The summed E-state index contributed by atoms with van der Waals surface area (Å²) in [5, 5.41) is 4.19. The summed E-state index contributed by atoms with van der Waals surface area (Å²) in [5.41, 5.74) is 1.08. The number of nitrogens with zero attached hydrogens (tertiary/aromatic N) is 3. The summed E-state index contributed by atoms with van der Waals surface area (Å²) in [6, 6.07) is 9.83. The van der Waals surface area contributed by atoms with Crippen LogP contribution in [0.2, 0.25) is 0 Å². The van der Waals surface area contributed by atoms with Crippen LogP contribution in [0.25, 0.3) is 0 Å². The van der Waals surface area contributed by atoms with Gasteiger partial charge in [0.05, 0.1) is 24.9 Å². The first-order chi connectivity index (χ1) is 10.9. The maximum Gasteiger partial charge on any atom is 0.246 e. The molecule has 1 aromatic carbocycles. The van der Waals surface area contributed by atoms with Crippen molar-refractivity contribution in [3.05, 3.63) is 48.3 Å². The van der Waals surface area contributed by atoms with Crippen LogP contribution in [0.15, 0.2) is 47.6 Å². The summed E-state index contributed by atoms with van der Waals surface area (Å²) in [6.45, 7) is 5.06. The summed E-state index contributed by atoms with van der Waals surface area (Å²) in [4.78, 5) is 0.231. The molecule has 0 bridgehead atoms. The second-order valence-electron chi connectivity index (χ2n) is 5.94. The zero-order chi connectivity index (χ0) is 16.4. The lowest BCUT2D eigenvalue weighted by molar-refractivity contribution is -0.0440. The van der Waals surface area contributed by atoms with Gasteiger partial charge in [0.2, 0.25) is 10.0 Å². The van der Waals surface area contributed by atoms with Crippen LogP contribution in [-0.2, 0) is 21.3 Å². The van der Waals surface area contributed by atoms with Gasteiger partial charge in [-0.25, -0.2) is 8.42 Å². The van der Waals surface area contributed by atoms with Gasteiger partial charge in [-0.1, -0.05) is 30.3 Å². The predicted octanol–water partition coefficient (Wildman–Crippen LogP) is 1.73. The first-order valence-corrected chi connectivity index (χ1v) is 9.11. The Bertz CT molecular complexity index is 748. The number of morpholine rings is 1. The molecule has 2 unspecified atom stereocenters. The second-order valence-corrected chi connectivity index (χ2v) is 7.88. The van der Waals surface area contributed by atoms with Crippen LogP contribution in [0.1, 0.15) is 19.4 Å². The summed E-state index contributed by atoms with van der Waals surface area (Å²) < 4.78 is 34.3. The largest absolute Gasteiger partial charge is 0.373 e. The topological polar surface area (TPSA) is 64.4 Å². The molecule has 0 radical (unpaired) electrons. The average molecular weight is 335 g/mol. The molecule has 1 aliphatic rings. The van der Waals surface area contributed by atoms with Crippen molar-refractivity contribution in [3.8, 4) is 0 Å². The lowest BCUT2D eigenvalue weighted by atomic mass is 10.2. The van der Waals surface area contributed by atoms with Gasteiger partial charge in [-0.05, 0) is 19.4 Å². The Balaban J connectivity index is 1.78. The molecule has 0 N–H and O–H groups in total. The number of benzene rings is 1. The molecule has 0 amide bonds. The fourth-order valence-electron chi connectivity index (χ4n) is 2.81. The van der Waals surface area contributed by atoms with Crippen molar-refractivity contribution in [2.75, 3.05) is 13.1 Å². The Morgan fingerprint density at radius 1 is 1.17 bits per heavy atom. The molecule has 2 heterocycles. The molecule has 23 heavy (non-hydrogen) atoms. The molecule has 6 nitrogen and oxygen atoms in total. The highest BCUT2D eigenvalue weighted by Crippen LogP contribution is 2.20. The van der Waals surface area contributed by atoms with Crippen molar-refractivity contribution in [2.24, 2.45) is 0 Å². The second kappa shape index (κ2) is 6.43. The summed E-state index contributed by atoms with van der Waals surface area (Å²) in [5.74, 6) is 0. The summed E-state index contributed by atoms with van der Waals surface area (Å²) in [6.07, 6.45) is 2.80. The highest BCUT2D eigenvalue weighted by molar-refractivity contribution is 7.89.